The maximum Gasteiger partial charge on any atom is 0.336 e. The van der Waals surface area contributed by atoms with Gasteiger partial charge in [-0.15, -0.1) is 0 Å². The van der Waals surface area contributed by atoms with Crippen molar-refractivity contribution in [1.29, 1.82) is 0 Å². The van der Waals surface area contributed by atoms with Crippen LogP contribution in [0.15, 0.2) is 53.6 Å². The minimum Gasteiger partial charge on any atom is -0.482 e. The van der Waals surface area contributed by atoms with E-state index in [0.29, 0.717) is 16.3 Å². The van der Waals surface area contributed by atoms with Crippen LogP contribution in [-0.2, 0) is 4.79 Å². The molecule has 31 heavy (non-hydrogen) atoms. The second-order valence-corrected chi connectivity index (χ2v) is 7.34. The Morgan fingerprint density at radius 2 is 1.90 bits per heavy atom. The van der Waals surface area contributed by atoms with Crippen molar-refractivity contribution in [2.24, 2.45) is 5.10 Å². The molecular weight excluding hydrogens is 418 g/mol. The first-order valence-electron chi connectivity index (χ1n) is 9.51. The highest BCUT2D eigenvalue weighted by Crippen LogP contribution is 2.25. The molecule has 0 fully saturated rings. The van der Waals surface area contributed by atoms with E-state index >= 15 is 0 Å². The molecule has 1 amide bonds. The second kappa shape index (κ2) is 9.49. The van der Waals surface area contributed by atoms with Crippen molar-refractivity contribution in [2.75, 3.05) is 6.61 Å². The Balaban J connectivity index is 1.72. The Morgan fingerprint density at radius 3 is 2.61 bits per heavy atom. The van der Waals surface area contributed by atoms with Crippen LogP contribution < -0.4 is 10.2 Å². The van der Waals surface area contributed by atoms with E-state index < -0.39 is 11.9 Å². The fourth-order valence-corrected chi connectivity index (χ4v) is 3.49. The number of hydrazone groups is 1. The lowest BCUT2D eigenvalue weighted by Gasteiger charge is -2.14. The van der Waals surface area contributed by atoms with E-state index in [1.165, 1.54) is 0 Å². The molecule has 7 nitrogen and oxygen atoms in total. The van der Waals surface area contributed by atoms with Gasteiger partial charge in [0.1, 0.15) is 5.75 Å². The Hall–Kier alpha value is -3.58. The number of nitrogens with one attached hydrogen (secondary N) is 1. The summed E-state index contributed by atoms with van der Waals surface area (Å²) in [6.45, 7) is 5.39. The fraction of sp³-hybridized carbons (Fsp3) is 0.174. The molecule has 3 aromatic rings. The van der Waals surface area contributed by atoms with Gasteiger partial charge in [0, 0.05) is 22.6 Å². The summed E-state index contributed by atoms with van der Waals surface area (Å²) >= 11 is 5.99. The molecule has 0 saturated carbocycles. The van der Waals surface area contributed by atoms with Gasteiger partial charge >= 0.3 is 5.97 Å². The topological polar surface area (TPSA) is 92.9 Å². The second-order valence-electron chi connectivity index (χ2n) is 6.93. The molecule has 1 heterocycles. The lowest BCUT2D eigenvalue weighted by molar-refractivity contribution is -0.123. The van der Waals surface area contributed by atoms with Crippen LogP contribution in [0.1, 0.15) is 32.9 Å². The summed E-state index contributed by atoms with van der Waals surface area (Å²) in [4.78, 5) is 23.4. The van der Waals surface area contributed by atoms with Gasteiger partial charge in [0.15, 0.2) is 6.61 Å². The molecule has 0 bridgehead atoms. The van der Waals surface area contributed by atoms with Gasteiger partial charge in [-0.05, 0) is 56.7 Å². The first kappa shape index (κ1) is 22.1. The first-order chi connectivity index (χ1) is 14.8. The molecule has 0 aliphatic heterocycles. The number of aromatic carboxylic acids is 1. The molecule has 0 spiro atoms. The van der Waals surface area contributed by atoms with Gasteiger partial charge < -0.3 is 14.4 Å². The van der Waals surface area contributed by atoms with Gasteiger partial charge in [-0.25, -0.2) is 10.2 Å². The van der Waals surface area contributed by atoms with Crippen LogP contribution in [0.3, 0.4) is 0 Å². The van der Waals surface area contributed by atoms with Gasteiger partial charge in [-0.2, -0.15) is 5.10 Å². The van der Waals surface area contributed by atoms with Crippen molar-refractivity contribution in [3.05, 3.63) is 81.6 Å². The number of carboxylic acid groups (broad SMARTS) is 1. The monoisotopic (exact) mass is 439 g/mol. The number of aromatic nitrogens is 1. The number of ether oxygens (including phenoxy) is 1. The third kappa shape index (κ3) is 4.95. The molecule has 0 aliphatic carbocycles. The summed E-state index contributed by atoms with van der Waals surface area (Å²) in [5.41, 5.74) is 6.72. The molecule has 2 aromatic carbocycles. The maximum atomic E-state index is 12.0. The molecule has 8 heteroatoms. The number of halogens is 1. The lowest BCUT2D eigenvalue weighted by atomic mass is 10.1. The Morgan fingerprint density at radius 1 is 1.16 bits per heavy atom. The number of carbonyl (C=O) groups excluding carboxylic acids is 1. The normalized spacial score (nSPS) is 11.0. The SMILES string of the molecule is Cc1c(C(=O)O)cccc1-n1c(C)cc(/C=N\NC(=O)COc2ccccc2Cl)c1C. The molecule has 160 valence electrons. The third-order valence-corrected chi connectivity index (χ3v) is 5.15. The summed E-state index contributed by atoms with van der Waals surface area (Å²) in [5.74, 6) is -0.967. The quantitative estimate of drug-likeness (QED) is 0.424. The first-order valence-corrected chi connectivity index (χ1v) is 9.89. The highest BCUT2D eigenvalue weighted by molar-refractivity contribution is 6.32. The van der Waals surface area contributed by atoms with Gasteiger partial charge in [0.2, 0.25) is 0 Å². The average molecular weight is 440 g/mol. The van der Waals surface area contributed by atoms with Crippen LogP contribution in [-0.4, -0.2) is 34.4 Å². The molecule has 2 N–H and O–H groups in total. The van der Waals surface area contributed by atoms with Crippen LogP contribution in [0.4, 0.5) is 0 Å². The van der Waals surface area contributed by atoms with Gasteiger partial charge in [-0.3, -0.25) is 4.79 Å². The summed E-state index contributed by atoms with van der Waals surface area (Å²) in [6, 6.07) is 14.0. The zero-order valence-corrected chi connectivity index (χ0v) is 18.1. The number of rotatable bonds is 7. The van der Waals surface area contributed by atoms with Crippen molar-refractivity contribution in [3.8, 4) is 11.4 Å². The molecule has 0 aliphatic rings. The minimum atomic E-state index is -0.967. The number of nitrogens with zero attached hydrogens (tertiary/aromatic N) is 2. The number of benzene rings is 2. The van der Waals surface area contributed by atoms with Crippen molar-refractivity contribution >= 4 is 29.7 Å². The summed E-state index contributed by atoms with van der Waals surface area (Å²) in [5, 5.41) is 13.8. The van der Waals surface area contributed by atoms with Crippen molar-refractivity contribution in [1.82, 2.24) is 9.99 Å². The standard InChI is InChI=1S/C23H22ClN3O4/c1-14-11-17(12-25-26-22(28)13-31-21-10-5-4-8-19(21)24)16(3)27(14)20-9-6-7-18(15(20)2)23(29)30/h4-12H,13H2,1-3H3,(H,26,28)(H,29,30)/b25-12-. The number of hydrogen-bond donors (Lipinski definition) is 2. The zero-order valence-electron chi connectivity index (χ0n) is 17.3. The van der Waals surface area contributed by atoms with Gasteiger partial charge in [-0.1, -0.05) is 29.8 Å². The number of carbonyl (C=O) groups is 2. The van der Waals surface area contributed by atoms with Crippen LogP contribution in [0.5, 0.6) is 5.75 Å². The molecule has 0 unspecified atom stereocenters. The molecule has 3 rings (SSSR count). The zero-order chi connectivity index (χ0) is 22.5. The molecular formula is C23H22ClN3O4. The number of aryl methyl sites for hydroxylation is 1. The number of para-hydroxylation sites is 1. The highest BCUT2D eigenvalue weighted by Gasteiger charge is 2.15. The summed E-state index contributed by atoms with van der Waals surface area (Å²) in [6.07, 6.45) is 1.54. The van der Waals surface area contributed by atoms with E-state index in [4.69, 9.17) is 16.3 Å². The number of hydrogen-bond acceptors (Lipinski definition) is 4. The lowest BCUT2D eigenvalue weighted by Crippen LogP contribution is -2.24. The van der Waals surface area contributed by atoms with E-state index in [1.807, 2.05) is 30.5 Å². The van der Waals surface area contributed by atoms with E-state index in [9.17, 15) is 14.7 Å². The average Bonchev–Trinajstić information content (AvgIpc) is 3.00. The van der Waals surface area contributed by atoms with Crippen LogP contribution in [0.2, 0.25) is 5.02 Å². The van der Waals surface area contributed by atoms with Crippen molar-refractivity contribution in [2.45, 2.75) is 20.8 Å². The smallest absolute Gasteiger partial charge is 0.336 e. The van der Waals surface area contributed by atoms with Crippen molar-refractivity contribution in [3.63, 3.8) is 0 Å². The minimum absolute atomic E-state index is 0.221. The molecule has 0 radical (unpaired) electrons. The van der Waals surface area contributed by atoms with Gasteiger partial charge in [0.05, 0.1) is 16.8 Å². The third-order valence-electron chi connectivity index (χ3n) is 4.84. The van der Waals surface area contributed by atoms with Crippen molar-refractivity contribution < 1.29 is 19.4 Å². The summed E-state index contributed by atoms with van der Waals surface area (Å²) < 4.78 is 7.34. The Labute approximate surface area is 184 Å². The van der Waals surface area contributed by atoms with Crippen LogP contribution in [0.25, 0.3) is 5.69 Å². The largest absolute Gasteiger partial charge is 0.482 e. The van der Waals surface area contributed by atoms with Crippen LogP contribution in [0, 0.1) is 20.8 Å². The van der Waals surface area contributed by atoms with E-state index in [0.717, 1.165) is 22.6 Å². The number of carboxylic acids is 1. The summed E-state index contributed by atoms with van der Waals surface area (Å²) in [7, 11) is 0. The molecule has 1 aromatic heterocycles. The molecule has 0 atom stereocenters. The van der Waals surface area contributed by atoms with Crippen LogP contribution >= 0.6 is 11.6 Å². The Kier molecular flexibility index (Phi) is 6.77. The maximum absolute atomic E-state index is 12.0. The predicted octanol–water partition coefficient (Wildman–Crippen LogP) is 4.28. The Bertz CT molecular complexity index is 1170. The molecule has 0 saturated heterocycles. The predicted molar refractivity (Wildman–Crippen MR) is 120 cm³/mol. The van der Waals surface area contributed by atoms with E-state index in [1.54, 1.807) is 49.5 Å². The van der Waals surface area contributed by atoms with Gasteiger partial charge in [0.25, 0.3) is 5.91 Å². The van der Waals surface area contributed by atoms with E-state index in [-0.39, 0.29) is 12.2 Å². The highest BCUT2D eigenvalue weighted by atomic mass is 35.5. The van der Waals surface area contributed by atoms with E-state index in [2.05, 4.69) is 10.5 Å². The fourth-order valence-electron chi connectivity index (χ4n) is 3.30. The number of amides is 1.